The Hall–Kier alpha value is -2.57. The summed E-state index contributed by atoms with van der Waals surface area (Å²) in [6.07, 6.45) is 0. The van der Waals surface area contributed by atoms with Gasteiger partial charge in [-0.05, 0) is 36.8 Å². The van der Waals surface area contributed by atoms with Gasteiger partial charge >= 0.3 is 11.9 Å². The molecular weight excluding hydrogens is 393 g/mol. The number of methoxy groups -OCH3 is 1. The number of halogens is 2. The number of rotatable bonds is 6. The molecule has 0 aliphatic heterocycles. The van der Waals surface area contributed by atoms with Gasteiger partial charge in [-0.1, -0.05) is 41.4 Å². The van der Waals surface area contributed by atoms with Gasteiger partial charge in [-0.2, -0.15) is 0 Å². The summed E-state index contributed by atoms with van der Waals surface area (Å²) in [4.78, 5) is 35.9. The number of benzene rings is 2. The zero-order valence-corrected chi connectivity index (χ0v) is 16.1. The van der Waals surface area contributed by atoms with Crippen molar-refractivity contribution in [1.29, 1.82) is 0 Å². The number of carbonyl (C=O) groups excluding carboxylic acids is 3. The molecule has 0 fully saturated rings. The highest BCUT2D eigenvalue weighted by atomic mass is 35.5. The molecule has 1 amide bonds. The molecule has 2 aromatic carbocycles. The van der Waals surface area contributed by atoms with Crippen LogP contribution in [0, 0.1) is 0 Å². The van der Waals surface area contributed by atoms with Gasteiger partial charge < -0.3 is 14.8 Å². The van der Waals surface area contributed by atoms with E-state index in [0.717, 1.165) is 5.56 Å². The quantitative estimate of drug-likeness (QED) is 0.733. The predicted octanol–water partition coefficient (Wildman–Crippen LogP) is 3.81. The van der Waals surface area contributed by atoms with E-state index in [1.54, 1.807) is 37.3 Å². The maximum absolute atomic E-state index is 12.2. The van der Waals surface area contributed by atoms with Crippen LogP contribution in [-0.2, 0) is 14.3 Å². The number of amides is 1. The first-order valence-corrected chi connectivity index (χ1v) is 8.68. The lowest BCUT2D eigenvalue weighted by molar-refractivity contribution is -0.124. The third kappa shape index (κ3) is 5.45. The van der Waals surface area contributed by atoms with Gasteiger partial charge in [0.2, 0.25) is 0 Å². The molecule has 0 aliphatic carbocycles. The smallest absolute Gasteiger partial charge is 0.339 e. The second kappa shape index (κ2) is 9.39. The molecule has 6 nitrogen and oxygen atoms in total. The molecule has 2 aromatic rings. The Bertz CT molecular complexity index is 869. The molecule has 2 rings (SSSR count). The van der Waals surface area contributed by atoms with Gasteiger partial charge in [0, 0.05) is 0 Å². The third-order valence-corrected chi connectivity index (χ3v) is 4.45. The Morgan fingerprint density at radius 2 is 1.63 bits per heavy atom. The summed E-state index contributed by atoms with van der Waals surface area (Å²) >= 11 is 11.8. The van der Waals surface area contributed by atoms with E-state index in [9.17, 15) is 14.4 Å². The largest absolute Gasteiger partial charge is 0.465 e. The van der Waals surface area contributed by atoms with Crippen LogP contribution in [0.25, 0.3) is 0 Å². The van der Waals surface area contributed by atoms with Crippen molar-refractivity contribution in [2.24, 2.45) is 0 Å². The summed E-state index contributed by atoms with van der Waals surface area (Å²) in [5.74, 6) is -1.97. The Morgan fingerprint density at radius 3 is 2.22 bits per heavy atom. The molecule has 0 aliphatic rings. The molecule has 0 spiro atoms. The van der Waals surface area contributed by atoms with E-state index in [-0.39, 0.29) is 17.2 Å². The summed E-state index contributed by atoms with van der Waals surface area (Å²) < 4.78 is 9.63. The highest BCUT2D eigenvalue weighted by molar-refractivity contribution is 6.42. The Kier molecular flexibility index (Phi) is 7.21. The van der Waals surface area contributed by atoms with E-state index in [1.165, 1.54) is 19.2 Å². The van der Waals surface area contributed by atoms with Crippen LogP contribution in [-0.4, -0.2) is 31.6 Å². The molecule has 1 atom stereocenters. The second-order valence-electron chi connectivity index (χ2n) is 5.58. The lowest BCUT2D eigenvalue weighted by atomic mass is 10.1. The fraction of sp³-hybridized carbons (Fsp3) is 0.211. The lowest BCUT2D eigenvalue weighted by Gasteiger charge is -2.15. The molecule has 0 heterocycles. The molecular formula is C19H17Cl2NO5. The Morgan fingerprint density at radius 1 is 1.00 bits per heavy atom. The van der Waals surface area contributed by atoms with Crippen molar-refractivity contribution in [1.82, 2.24) is 5.32 Å². The van der Waals surface area contributed by atoms with Gasteiger partial charge in [0.05, 0.1) is 34.3 Å². The first kappa shape index (κ1) is 20.7. The topological polar surface area (TPSA) is 81.7 Å². The van der Waals surface area contributed by atoms with Crippen molar-refractivity contribution in [3.8, 4) is 0 Å². The van der Waals surface area contributed by atoms with Gasteiger partial charge in [0.15, 0.2) is 6.61 Å². The van der Waals surface area contributed by atoms with E-state index in [4.69, 9.17) is 27.9 Å². The number of esters is 2. The highest BCUT2D eigenvalue weighted by Crippen LogP contribution is 2.25. The molecule has 0 saturated heterocycles. The zero-order valence-electron chi connectivity index (χ0n) is 14.6. The second-order valence-corrected chi connectivity index (χ2v) is 6.39. The number of nitrogens with one attached hydrogen (secondary N) is 1. The average Bonchev–Trinajstić information content (AvgIpc) is 2.67. The van der Waals surface area contributed by atoms with E-state index < -0.39 is 24.5 Å². The number of hydrogen-bond donors (Lipinski definition) is 1. The summed E-state index contributed by atoms with van der Waals surface area (Å²) in [5, 5.41) is 3.48. The molecule has 0 radical (unpaired) electrons. The number of hydrogen-bond acceptors (Lipinski definition) is 5. The van der Waals surface area contributed by atoms with Gasteiger partial charge in [0.25, 0.3) is 5.91 Å². The normalized spacial score (nSPS) is 11.4. The van der Waals surface area contributed by atoms with Crippen LogP contribution in [0.4, 0.5) is 0 Å². The van der Waals surface area contributed by atoms with Crippen molar-refractivity contribution in [3.63, 3.8) is 0 Å². The van der Waals surface area contributed by atoms with Crippen LogP contribution in [0.15, 0.2) is 42.5 Å². The third-order valence-electron chi connectivity index (χ3n) is 3.71. The standard InChI is InChI=1S/C19H17Cl2NO5/c1-11(12-7-8-15(20)16(21)9-12)22-17(23)10-27-19(25)14-6-4-3-5-13(14)18(24)26-2/h3-9,11H,10H2,1-2H3,(H,22,23). The molecule has 1 N–H and O–H groups in total. The van der Waals surface area contributed by atoms with Crippen LogP contribution in [0.2, 0.25) is 10.0 Å². The maximum Gasteiger partial charge on any atom is 0.339 e. The lowest BCUT2D eigenvalue weighted by Crippen LogP contribution is -2.31. The maximum atomic E-state index is 12.2. The van der Waals surface area contributed by atoms with Crippen LogP contribution in [0.1, 0.15) is 39.2 Å². The molecule has 0 saturated carbocycles. The van der Waals surface area contributed by atoms with E-state index >= 15 is 0 Å². The van der Waals surface area contributed by atoms with Crippen LogP contribution in [0.5, 0.6) is 0 Å². The van der Waals surface area contributed by atoms with Crippen LogP contribution < -0.4 is 5.32 Å². The van der Waals surface area contributed by atoms with Crippen molar-refractivity contribution >= 4 is 41.0 Å². The van der Waals surface area contributed by atoms with Gasteiger partial charge in [0.1, 0.15) is 0 Å². The van der Waals surface area contributed by atoms with Crippen molar-refractivity contribution in [3.05, 3.63) is 69.2 Å². The fourth-order valence-corrected chi connectivity index (χ4v) is 2.61. The number of ether oxygens (including phenoxy) is 2. The van der Waals surface area contributed by atoms with Crippen LogP contribution in [0.3, 0.4) is 0 Å². The minimum Gasteiger partial charge on any atom is -0.465 e. The summed E-state index contributed by atoms with van der Waals surface area (Å²) in [6.45, 7) is 1.26. The fourth-order valence-electron chi connectivity index (χ4n) is 2.31. The molecule has 142 valence electrons. The van der Waals surface area contributed by atoms with Gasteiger partial charge in [-0.3, -0.25) is 4.79 Å². The Labute approximate surface area is 166 Å². The monoisotopic (exact) mass is 409 g/mol. The highest BCUT2D eigenvalue weighted by Gasteiger charge is 2.19. The molecule has 1 unspecified atom stereocenters. The van der Waals surface area contributed by atoms with Crippen molar-refractivity contribution in [2.45, 2.75) is 13.0 Å². The van der Waals surface area contributed by atoms with E-state index in [0.29, 0.717) is 10.0 Å². The predicted molar refractivity (Wildman–Crippen MR) is 101 cm³/mol. The average molecular weight is 410 g/mol. The minimum atomic E-state index is -0.798. The SMILES string of the molecule is COC(=O)c1ccccc1C(=O)OCC(=O)NC(C)c1ccc(Cl)c(Cl)c1. The molecule has 0 aromatic heterocycles. The first-order valence-electron chi connectivity index (χ1n) is 7.92. The van der Waals surface area contributed by atoms with Crippen molar-refractivity contribution < 1.29 is 23.9 Å². The van der Waals surface area contributed by atoms with Gasteiger partial charge in [-0.15, -0.1) is 0 Å². The molecule has 0 bridgehead atoms. The van der Waals surface area contributed by atoms with Crippen LogP contribution >= 0.6 is 23.2 Å². The minimum absolute atomic E-state index is 0.0229. The van der Waals surface area contributed by atoms with E-state index in [1.807, 2.05) is 0 Å². The molecule has 27 heavy (non-hydrogen) atoms. The summed E-state index contributed by atoms with van der Waals surface area (Å²) in [5.41, 5.74) is 0.837. The summed E-state index contributed by atoms with van der Waals surface area (Å²) in [6, 6.07) is 10.7. The number of carbonyl (C=O) groups is 3. The Balaban J connectivity index is 1.96. The van der Waals surface area contributed by atoms with Gasteiger partial charge in [-0.25, -0.2) is 9.59 Å². The van der Waals surface area contributed by atoms with Crippen molar-refractivity contribution in [2.75, 3.05) is 13.7 Å². The zero-order chi connectivity index (χ0) is 20.0. The molecule has 8 heteroatoms. The summed E-state index contributed by atoms with van der Waals surface area (Å²) in [7, 11) is 1.21. The van der Waals surface area contributed by atoms with E-state index in [2.05, 4.69) is 10.1 Å². The first-order chi connectivity index (χ1) is 12.8.